The molecule has 0 aliphatic heterocycles. The first-order chi connectivity index (χ1) is 9.62. The minimum atomic E-state index is -4.16. The first kappa shape index (κ1) is 17.9. The summed E-state index contributed by atoms with van der Waals surface area (Å²) < 4.78 is 40.4. The molecule has 0 bridgehead atoms. The molecule has 0 aliphatic rings. The molecule has 1 aromatic carbocycles. The van der Waals surface area contributed by atoms with Crippen LogP contribution in [0.1, 0.15) is 37.6 Å². The minimum Gasteiger partial charge on any atom is -0.478 e. The number of nitrogens with zero attached hydrogens (tertiary/aromatic N) is 1. The van der Waals surface area contributed by atoms with Gasteiger partial charge in [0.05, 0.1) is 5.56 Å². The summed E-state index contributed by atoms with van der Waals surface area (Å²) in [6.07, 6.45) is 0.547. The molecule has 5 nitrogen and oxygen atoms in total. The Morgan fingerprint density at radius 2 is 2.00 bits per heavy atom. The molecule has 1 N–H and O–H groups in total. The number of rotatable bonds is 6. The Balaban J connectivity index is 3.54. The summed E-state index contributed by atoms with van der Waals surface area (Å²) in [5.41, 5.74) is -0.763. The third-order valence-corrected chi connectivity index (χ3v) is 5.13. The number of hydrogen-bond donors (Lipinski definition) is 1. The standard InChI is InChI=1S/C13H17ClFNO4S/c1-4-5-16(8(2)3)21(19,20)11-7-9(14)6-10(12(11)15)13(17)18/h6-8H,4-5H2,1-3H3,(H,17,18). The molecular weight excluding hydrogens is 321 g/mol. The van der Waals surface area contributed by atoms with Crippen LogP contribution in [0.3, 0.4) is 0 Å². The number of benzene rings is 1. The van der Waals surface area contributed by atoms with Gasteiger partial charge in [0, 0.05) is 17.6 Å². The summed E-state index contributed by atoms with van der Waals surface area (Å²) in [6, 6.07) is 1.43. The van der Waals surface area contributed by atoms with Crippen molar-refractivity contribution in [1.82, 2.24) is 4.31 Å². The topological polar surface area (TPSA) is 74.7 Å². The highest BCUT2D eigenvalue weighted by atomic mass is 35.5. The minimum absolute atomic E-state index is 0.146. The molecule has 0 aromatic heterocycles. The number of sulfonamides is 1. The molecule has 0 heterocycles. The Bertz CT molecular complexity index is 646. The van der Waals surface area contributed by atoms with Crippen LogP contribution in [-0.4, -0.2) is 36.4 Å². The molecule has 0 saturated heterocycles. The molecule has 0 spiro atoms. The van der Waals surface area contributed by atoms with Crippen LogP contribution < -0.4 is 0 Å². The van der Waals surface area contributed by atoms with Crippen molar-refractivity contribution in [1.29, 1.82) is 0 Å². The van der Waals surface area contributed by atoms with Crippen molar-refractivity contribution in [3.63, 3.8) is 0 Å². The first-order valence-corrected chi connectivity index (χ1v) is 8.18. The monoisotopic (exact) mass is 337 g/mol. The summed E-state index contributed by atoms with van der Waals surface area (Å²) in [4.78, 5) is 10.3. The van der Waals surface area contributed by atoms with Gasteiger partial charge in [-0.1, -0.05) is 18.5 Å². The maximum absolute atomic E-state index is 14.2. The quantitative estimate of drug-likeness (QED) is 0.866. The van der Waals surface area contributed by atoms with Gasteiger partial charge < -0.3 is 5.11 Å². The van der Waals surface area contributed by atoms with Crippen molar-refractivity contribution in [3.05, 3.63) is 28.5 Å². The van der Waals surface area contributed by atoms with Crippen LogP contribution >= 0.6 is 11.6 Å². The Kier molecular flexibility index (Phi) is 5.72. The van der Waals surface area contributed by atoms with E-state index in [0.29, 0.717) is 6.42 Å². The summed E-state index contributed by atoms with van der Waals surface area (Å²) in [5.74, 6) is -2.87. The maximum Gasteiger partial charge on any atom is 0.338 e. The molecule has 21 heavy (non-hydrogen) atoms. The normalized spacial score (nSPS) is 12.1. The van der Waals surface area contributed by atoms with Gasteiger partial charge in [-0.15, -0.1) is 0 Å². The lowest BCUT2D eigenvalue weighted by Crippen LogP contribution is -2.38. The van der Waals surface area contributed by atoms with Crippen LogP contribution in [0.2, 0.25) is 5.02 Å². The van der Waals surface area contributed by atoms with E-state index in [9.17, 15) is 17.6 Å². The van der Waals surface area contributed by atoms with Crippen LogP contribution in [0.5, 0.6) is 0 Å². The van der Waals surface area contributed by atoms with Gasteiger partial charge in [0.1, 0.15) is 4.90 Å². The van der Waals surface area contributed by atoms with E-state index < -0.39 is 32.3 Å². The van der Waals surface area contributed by atoms with Gasteiger partial charge in [-0.05, 0) is 32.4 Å². The third-order valence-electron chi connectivity index (χ3n) is 2.84. The van der Waals surface area contributed by atoms with Crippen LogP contribution in [-0.2, 0) is 10.0 Å². The van der Waals surface area contributed by atoms with E-state index in [2.05, 4.69) is 0 Å². The summed E-state index contributed by atoms with van der Waals surface area (Å²) in [5, 5.41) is 8.78. The predicted molar refractivity (Wildman–Crippen MR) is 77.7 cm³/mol. The van der Waals surface area contributed by atoms with Gasteiger partial charge in [-0.25, -0.2) is 17.6 Å². The van der Waals surface area contributed by atoms with Crippen LogP contribution in [0.25, 0.3) is 0 Å². The van der Waals surface area contributed by atoms with Gasteiger partial charge in [0.2, 0.25) is 10.0 Å². The van der Waals surface area contributed by atoms with E-state index in [1.165, 1.54) is 0 Å². The van der Waals surface area contributed by atoms with Crippen molar-refractivity contribution in [2.75, 3.05) is 6.54 Å². The summed E-state index contributed by atoms with van der Waals surface area (Å²) in [6.45, 7) is 5.32. The molecule has 0 unspecified atom stereocenters. The number of carboxylic acid groups (broad SMARTS) is 1. The highest BCUT2D eigenvalue weighted by Gasteiger charge is 2.31. The third kappa shape index (κ3) is 3.72. The summed E-state index contributed by atoms with van der Waals surface area (Å²) >= 11 is 5.72. The largest absolute Gasteiger partial charge is 0.478 e. The van der Waals surface area contributed by atoms with Crippen molar-refractivity contribution in [3.8, 4) is 0 Å². The van der Waals surface area contributed by atoms with Gasteiger partial charge in [-0.3, -0.25) is 0 Å². The Hall–Kier alpha value is -1.18. The molecule has 0 amide bonds. The molecule has 118 valence electrons. The molecular formula is C13H17ClFNO4S. The van der Waals surface area contributed by atoms with E-state index >= 15 is 0 Å². The average molecular weight is 338 g/mol. The SMILES string of the molecule is CCCN(C(C)C)S(=O)(=O)c1cc(Cl)cc(C(=O)O)c1F. The Labute approximate surface area is 128 Å². The van der Waals surface area contributed by atoms with Gasteiger partial charge in [-0.2, -0.15) is 4.31 Å². The zero-order valence-electron chi connectivity index (χ0n) is 11.9. The molecule has 0 atom stereocenters. The van der Waals surface area contributed by atoms with Gasteiger partial charge in [0.25, 0.3) is 0 Å². The molecule has 1 rings (SSSR count). The second-order valence-electron chi connectivity index (χ2n) is 4.78. The van der Waals surface area contributed by atoms with Crippen LogP contribution in [0, 0.1) is 5.82 Å². The molecule has 1 aromatic rings. The fourth-order valence-corrected chi connectivity index (χ4v) is 4.04. The highest BCUT2D eigenvalue weighted by molar-refractivity contribution is 7.89. The number of aromatic carboxylic acids is 1. The Morgan fingerprint density at radius 1 is 1.43 bits per heavy atom. The van der Waals surface area contributed by atoms with Crippen molar-refractivity contribution in [2.24, 2.45) is 0 Å². The highest BCUT2D eigenvalue weighted by Crippen LogP contribution is 2.27. The lowest BCUT2D eigenvalue weighted by atomic mass is 10.2. The zero-order valence-corrected chi connectivity index (χ0v) is 13.5. The van der Waals surface area contributed by atoms with E-state index in [-0.39, 0.29) is 17.6 Å². The molecule has 8 heteroatoms. The second-order valence-corrected chi connectivity index (χ2v) is 7.08. The smallest absolute Gasteiger partial charge is 0.338 e. The fraction of sp³-hybridized carbons (Fsp3) is 0.462. The lowest BCUT2D eigenvalue weighted by Gasteiger charge is -2.25. The fourth-order valence-electron chi connectivity index (χ4n) is 1.91. The Morgan fingerprint density at radius 3 is 2.43 bits per heavy atom. The number of halogens is 2. The summed E-state index contributed by atoms with van der Waals surface area (Å²) in [7, 11) is -4.16. The zero-order chi connectivity index (χ0) is 16.4. The van der Waals surface area contributed by atoms with E-state index in [0.717, 1.165) is 16.4 Å². The molecule has 0 radical (unpaired) electrons. The average Bonchev–Trinajstić information content (AvgIpc) is 2.37. The maximum atomic E-state index is 14.2. The van der Waals surface area contributed by atoms with Gasteiger partial charge >= 0.3 is 5.97 Å². The lowest BCUT2D eigenvalue weighted by molar-refractivity contribution is 0.0691. The molecule has 0 saturated carbocycles. The predicted octanol–water partition coefficient (Wildman–Crippen LogP) is 2.99. The van der Waals surface area contributed by atoms with E-state index in [1.54, 1.807) is 20.8 Å². The van der Waals surface area contributed by atoms with E-state index in [1.807, 2.05) is 0 Å². The number of carbonyl (C=O) groups is 1. The van der Waals surface area contributed by atoms with Gasteiger partial charge in [0.15, 0.2) is 5.82 Å². The van der Waals surface area contributed by atoms with Crippen LogP contribution in [0.15, 0.2) is 17.0 Å². The number of hydrogen-bond acceptors (Lipinski definition) is 3. The first-order valence-electron chi connectivity index (χ1n) is 6.37. The second kappa shape index (κ2) is 6.72. The van der Waals surface area contributed by atoms with Crippen molar-refractivity contribution in [2.45, 2.75) is 38.1 Å². The van der Waals surface area contributed by atoms with E-state index in [4.69, 9.17) is 16.7 Å². The molecule has 0 aliphatic carbocycles. The van der Waals surface area contributed by atoms with Crippen molar-refractivity contribution >= 4 is 27.6 Å². The molecule has 0 fully saturated rings. The number of carboxylic acids is 1. The van der Waals surface area contributed by atoms with Crippen molar-refractivity contribution < 1.29 is 22.7 Å². The van der Waals surface area contributed by atoms with Crippen LogP contribution in [0.4, 0.5) is 4.39 Å².